The van der Waals surface area contributed by atoms with Crippen LogP contribution >= 0.6 is 21.4 Å². The molecule has 0 aliphatic carbocycles. The van der Waals surface area contributed by atoms with Crippen molar-refractivity contribution < 1.29 is 57.0 Å². The number of ether oxygens (including phenoxy) is 2. The van der Waals surface area contributed by atoms with Crippen LogP contribution in [0.1, 0.15) is 5.56 Å². The van der Waals surface area contributed by atoms with Crippen molar-refractivity contribution in [1.82, 2.24) is 0 Å². The molecule has 0 fully saturated rings. The molecule has 2 rings (SSSR count). The Morgan fingerprint density at radius 1 is 0.719 bits per heavy atom. The highest BCUT2D eigenvalue weighted by molar-refractivity contribution is 8.14. The molecule has 0 aromatic heterocycles. The second-order valence-electron chi connectivity index (χ2n) is 5.44. The highest BCUT2D eigenvalue weighted by Crippen LogP contribution is 2.34. The molecule has 0 unspecified atom stereocenters. The van der Waals surface area contributed by atoms with Crippen molar-refractivity contribution in [2.24, 2.45) is 0 Å². The van der Waals surface area contributed by atoms with E-state index in [4.69, 9.17) is 21.4 Å². The van der Waals surface area contributed by atoms with Crippen molar-refractivity contribution in [2.45, 2.75) is 29.4 Å². The predicted octanol–water partition coefficient (Wildman–Crippen LogP) is 5.47. The average molecular weight is 553 g/mol. The first-order valence-corrected chi connectivity index (χ1v) is 12.1. The van der Waals surface area contributed by atoms with Crippen LogP contribution in [-0.4, -0.2) is 29.6 Å². The molecule has 17 heteroatoms. The number of aryl methyl sites for hydroxylation is 1. The Morgan fingerprint density at radius 3 is 1.47 bits per heavy atom. The SMILES string of the molecule is Cc1cccc(OC(F)(F)F)c1S(=O)(=O)Cl.O=S(=O)(Cl)c1c(F)cccc1OC(F)(F)F. The number of halogens is 9. The maximum absolute atomic E-state index is 13.0. The molecule has 0 aliphatic heterocycles. The predicted molar refractivity (Wildman–Crippen MR) is 97.0 cm³/mol. The van der Waals surface area contributed by atoms with Crippen molar-refractivity contribution in [3.8, 4) is 11.5 Å². The summed E-state index contributed by atoms with van der Waals surface area (Å²) in [6.07, 6.45) is -10.1. The summed E-state index contributed by atoms with van der Waals surface area (Å²) in [5, 5.41) is 0. The van der Waals surface area contributed by atoms with Crippen molar-refractivity contribution in [3.63, 3.8) is 0 Å². The van der Waals surface area contributed by atoms with Gasteiger partial charge in [-0.25, -0.2) is 21.2 Å². The van der Waals surface area contributed by atoms with E-state index in [0.29, 0.717) is 12.1 Å². The lowest BCUT2D eigenvalue weighted by Gasteiger charge is -2.12. The molecule has 0 atom stereocenters. The van der Waals surface area contributed by atoms with Gasteiger partial charge in [-0.3, -0.25) is 0 Å². The molecule has 32 heavy (non-hydrogen) atoms. The van der Waals surface area contributed by atoms with Crippen molar-refractivity contribution >= 4 is 39.5 Å². The van der Waals surface area contributed by atoms with Gasteiger partial charge in [0.15, 0.2) is 10.6 Å². The van der Waals surface area contributed by atoms with Crippen LogP contribution in [0.5, 0.6) is 11.5 Å². The molecule has 0 spiro atoms. The van der Waals surface area contributed by atoms with Crippen LogP contribution in [0.25, 0.3) is 0 Å². The summed E-state index contributed by atoms with van der Waals surface area (Å²) in [5.74, 6) is -3.46. The first-order valence-electron chi connectivity index (χ1n) is 7.51. The lowest BCUT2D eigenvalue weighted by Crippen LogP contribution is -2.18. The number of alkyl halides is 6. The lowest BCUT2D eigenvalue weighted by atomic mass is 10.2. The minimum absolute atomic E-state index is 0.0803. The molecule has 6 nitrogen and oxygen atoms in total. The van der Waals surface area contributed by atoms with Crippen molar-refractivity contribution in [2.75, 3.05) is 0 Å². The number of hydrogen-bond donors (Lipinski definition) is 0. The van der Waals surface area contributed by atoms with E-state index in [1.54, 1.807) is 0 Å². The summed E-state index contributed by atoms with van der Waals surface area (Å²) >= 11 is 0. The van der Waals surface area contributed by atoms with Gasteiger partial charge in [0.05, 0.1) is 0 Å². The Balaban J connectivity index is 0.000000320. The molecular weight excluding hydrogens is 544 g/mol. The Bertz CT molecular complexity index is 1090. The van der Waals surface area contributed by atoms with Crippen LogP contribution < -0.4 is 9.47 Å². The van der Waals surface area contributed by atoms with E-state index in [0.717, 1.165) is 12.1 Å². The van der Waals surface area contributed by atoms with Crippen LogP contribution in [0.3, 0.4) is 0 Å². The second-order valence-corrected chi connectivity index (χ2v) is 10.4. The van der Waals surface area contributed by atoms with Gasteiger partial charge in [0, 0.05) is 21.4 Å². The Morgan fingerprint density at radius 2 is 1.09 bits per heavy atom. The molecule has 2 aromatic rings. The maximum atomic E-state index is 13.0. The first-order chi connectivity index (χ1) is 14.2. The number of hydrogen-bond acceptors (Lipinski definition) is 6. The summed E-state index contributed by atoms with van der Waals surface area (Å²) in [6, 6.07) is 5.60. The molecule has 0 radical (unpaired) electrons. The van der Waals surface area contributed by atoms with Gasteiger partial charge in [0.25, 0.3) is 18.1 Å². The standard InChI is InChI=1S/C8H6ClF3O3S.C7H3ClF4O3S/c1-5-3-2-4-6(15-8(10,11)12)7(5)16(9,13)14;8-16(13,14)6-4(9)2-1-3-5(6)15-7(10,11)12/h2-4H,1H3;1-3H. The molecule has 0 heterocycles. The molecule has 2 aromatic carbocycles. The van der Waals surface area contributed by atoms with Gasteiger partial charge in [0.2, 0.25) is 0 Å². The minimum atomic E-state index is -5.13. The van der Waals surface area contributed by atoms with Gasteiger partial charge < -0.3 is 9.47 Å². The van der Waals surface area contributed by atoms with Gasteiger partial charge in [-0.15, -0.1) is 26.3 Å². The van der Waals surface area contributed by atoms with Crippen LogP contribution in [-0.2, 0) is 18.1 Å². The van der Waals surface area contributed by atoms with E-state index in [9.17, 15) is 47.6 Å². The number of rotatable bonds is 4. The molecule has 180 valence electrons. The van der Waals surface area contributed by atoms with Crippen molar-refractivity contribution in [3.05, 3.63) is 47.8 Å². The highest BCUT2D eigenvalue weighted by atomic mass is 35.7. The zero-order chi connectivity index (χ0) is 25.1. The second kappa shape index (κ2) is 9.89. The van der Waals surface area contributed by atoms with Crippen LogP contribution in [0.2, 0.25) is 0 Å². The molecule has 0 saturated heterocycles. The smallest absolute Gasteiger partial charge is 0.404 e. The Labute approximate surface area is 185 Å². The van der Waals surface area contributed by atoms with Crippen LogP contribution in [0.4, 0.5) is 30.7 Å². The van der Waals surface area contributed by atoms with Gasteiger partial charge in [-0.2, -0.15) is 0 Å². The summed E-state index contributed by atoms with van der Waals surface area (Å²) < 4.78 is 135. The summed E-state index contributed by atoms with van der Waals surface area (Å²) in [6.45, 7) is 1.32. The Kier molecular flexibility index (Phi) is 8.67. The summed E-state index contributed by atoms with van der Waals surface area (Å²) in [7, 11) is 0.852. The van der Waals surface area contributed by atoms with Gasteiger partial charge in [0.1, 0.15) is 16.5 Å². The van der Waals surface area contributed by atoms with E-state index in [2.05, 4.69) is 9.47 Å². The fourth-order valence-electron chi connectivity index (χ4n) is 2.07. The van der Waals surface area contributed by atoms with Crippen molar-refractivity contribution in [1.29, 1.82) is 0 Å². The topological polar surface area (TPSA) is 86.7 Å². The molecule has 0 saturated carbocycles. The van der Waals surface area contributed by atoms with Gasteiger partial charge in [-0.1, -0.05) is 18.2 Å². The highest BCUT2D eigenvalue weighted by Gasteiger charge is 2.35. The third-order valence-corrected chi connectivity index (χ3v) is 5.87. The van der Waals surface area contributed by atoms with E-state index >= 15 is 0 Å². The molecular formula is C15H9Cl2F7O6S2. The fraction of sp³-hybridized carbons (Fsp3) is 0.200. The van der Waals surface area contributed by atoms with Gasteiger partial charge in [-0.05, 0) is 30.7 Å². The van der Waals surface area contributed by atoms with E-state index in [-0.39, 0.29) is 5.56 Å². The third kappa shape index (κ3) is 8.88. The molecule has 0 amide bonds. The Hall–Kier alpha value is -1.97. The number of benzene rings is 2. The van der Waals surface area contributed by atoms with E-state index in [1.807, 2.05) is 0 Å². The van der Waals surface area contributed by atoms with Gasteiger partial charge >= 0.3 is 12.7 Å². The van der Waals surface area contributed by atoms with E-state index < -0.39 is 57.9 Å². The zero-order valence-corrected chi connectivity index (χ0v) is 18.3. The quantitative estimate of drug-likeness (QED) is 0.369. The maximum Gasteiger partial charge on any atom is 0.573 e. The summed E-state index contributed by atoms with van der Waals surface area (Å²) in [5.41, 5.74) is 0.0803. The van der Waals surface area contributed by atoms with Crippen LogP contribution in [0.15, 0.2) is 46.2 Å². The molecule has 0 bridgehead atoms. The molecule has 0 aliphatic rings. The fourth-order valence-corrected chi connectivity index (χ4v) is 4.57. The monoisotopic (exact) mass is 552 g/mol. The minimum Gasteiger partial charge on any atom is -0.404 e. The average Bonchev–Trinajstić information content (AvgIpc) is 2.49. The van der Waals surface area contributed by atoms with Crippen LogP contribution in [0, 0.1) is 12.7 Å². The lowest BCUT2D eigenvalue weighted by molar-refractivity contribution is -0.276. The molecule has 0 N–H and O–H groups in total. The zero-order valence-electron chi connectivity index (χ0n) is 15.1. The van der Waals surface area contributed by atoms with E-state index in [1.165, 1.54) is 19.1 Å². The largest absolute Gasteiger partial charge is 0.573 e. The first kappa shape index (κ1) is 28.1. The third-order valence-electron chi connectivity index (χ3n) is 3.05. The normalized spacial score (nSPS) is 12.6. The summed E-state index contributed by atoms with van der Waals surface area (Å²) in [4.78, 5) is -2.01.